The standard InChI is InChI=1S/C12H20N4/c1-6-14-12(5,7-13)8-16-11(4)9(2)10(3)15-16/h14H,6,8H2,1-5H3. The van der Waals surface area contributed by atoms with Crippen molar-refractivity contribution in [2.24, 2.45) is 0 Å². The fourth-order valence-corrected chi connectivity index (χ4v) is 1.76. The molecule has 0 radical (unpaired) electrons. The van der Waals surface area contributed by atoms with Crippen LogP contribution in [0.2, 0.25) is 0 Å². The van der Waals surface area contributed by atoms with Crippen molar-refractivity contribution in [2.45, 2.75) is 46.7 Å². The summed E-state index contributed by atoms with van der Waals surface area (Å²) in [6, 6.07) is 2.31. The minimum atomic E-state index is -0.551. The SMILES string of the molecule is CCNC(C)(C#N)Cn1nc(C)c(C)c1C. The largest absolute Gasteiger partial charge is 0.298 e. The van der Waals surface area contributed by atoms with E-state index in [1.165, 1.54) is 5.56 Å². The molecular formula is C12H20N4. The van der Waals surface area contributed by atoms with Gasteiger partial charge >= 0.3 is 0 Å². The van der Waals surface area contributed by atoms with Crippen molar-refractivity contribution in [1.29, 1.82) is 5.26 Å². The molecule has 0 amide bonds. The summed E-state index contributed by atoms with van der Waals surface area (Å²) >= 11 is 0. The van der Waals surface area contributed by atoms with Crippen molar-refractivity contribution in [3.8, 4) is 6.07 Å². The highest BCUT2D eigenvalue weighted by Gasteiger charge is 2.24. The molecule has 0 aliphatic heterocycles. The molecule has 1 aromatic heterocycles. The van der Waals surface area contributed by atoms with Crippen LogP contribution in [0.25, 0.3) is 0 Å². The minimum Gasteiger partial charge on any atom is -0.298 e. The van der Waals surface area contributed by atoms with E-state index in [2.05, 4.69) is 23.4 Å². The molecule has 1 rings (SSSR count). The van der Waals surface area contributed by atoms with Crippen LogP contribution in [0.1, 0.15) is 30.8 Å². The highest BCUT2D eigenvalue weighted by molar-refractivity contribution is 5.23. The molecule has 1 atom stereocenters. The average molecular weight is 220 g/mol. The van der Waals surface area contributed by atoms with Crippen LogP contribution in [0.4, 0.5) is 0 Å². The molecule has 0 bridgehead atoms. The Morgan fingerprint density at radius 2 is 2.06 bits per heavy atom. The number of hydrogen-bond acceptors (Lipinski definition) is 3. The Labute approximate surface area is 97.3 Å². The molecule has 16 heavy (non-hydrogen) atoms. The summed E-state index contributed by atoms with van der Waals surface area (Å²) in [5.41, 5.74) is 2.83. The molecule has 1 heterocycles. The maximum absolute atomic E-state index is 9.19. The molecule has 0 saturated carbocycles. The lowest BCUT2D eigenvalue weighted by Crippen LogP contribution is -2.45. The third-order valence-electron chi connectivity index (χ3n) is 3.02. The zero-order valence-electron chi connectivity index (χ0n) is 10.8. The van der Waals surface area contributed by atoms with E-state index in [9.17, 15) is 5.26 Å². The van der Waals surface area contributed by atoms with E-state index in [1.54, 1.807) is 0 Å². The van der Waals surface area contributed by atoms with Crippen molar-refractivity contribution < 1.29 is 0 Å². The number of nitrogens with one attached hydrogen (secondary N) is 1. The van der Waals surface area contributed by atoms with Gasteiger partial charge in [-0.15, -0.1) is 0 Å². The van der Waals surface area contributed by atoms with Crippen molar-refractivity contribution >= 4 is 0 Å². The molecule has 0 fully saturated rings. The molecule has 1 unspecified atom stereocenters. The molecule has 88 valence electrons. The lowest BCUT2D eigenvalue weighted by atomic mass is 10.1. The van der Waals surface area contributed by atoms with Crippen LogP contribution in [-0.4, -0.2) is 21.9 Å². The van der Waals surface area contributed by atoms with E-state index < -0.39 is 5.54 Å². The predicted octanol–water partition coefficient (Wildman–Crippen LogP) is 1.70. The van der Waals surface area contributed by atoms with E-state index >= 15 is 0 Å². The summed E-state index contributed by atoms with van der Waals surface area (Å²) in [5.74, 6) is 0. The van der Waals surface area contributed by atoms with E-state index in [0.29, 0.717) is 6.54 Å². The fourth-order valence-electron chi connectivity index (χ4n) is 1.76. The van der Waals surface area contributed by atoms with Gasteiger partial charge in [0.05, 0.1) is 18.3 Å². The van der Waals surface area contributed by atoms with Gasteiger partial charge in [0.25, 0.3) is 0 Å². The van der Waals surface area contributed by atoms with Crippen molar-refractivity contribution in [2.75, 3.05) is 6.54 Å². The van der Waals surface area contributed by atoms with E-state index in [4.69, 9.17) is 0 Å². The highest BCUT2D eigenvalue weighted by Crippen LogP contribution is 2.14. The van der Waals surface area contributed by atoms with Crippen molar-refractivity contribution in [3.63, 3.8) is 0 Å². The zero-order chi connectivity index (χ0) is 12.3. The molecule has 4 heteroatoms. The highest BCUT2D eigenvalue weighted by atomic mass is 15.3. The second-order valence-corrected chi connectivity index (χ2v) is 4.43. The molecule has 0 spiro atoms. The summed E-state index contributed by atoms with van der Waals surface area (Å²) in [4.78, 5) is 0. The first-order chi connectivity index (χ1) is 7.43. The lowest BCUT2D eigenvalue weighted by Gasteiger charge is -2.23. The van der Waals surface area contributed by atoms with Gasteiger partial charge in [-0.2, -0.15) is 10.4 Å². The van der Waals surface area contributed by atoms with Crippen LogP contribution in [0, 0.1) is 32.1 Å². The van der Waals surface area contributed by atoms with Gasteiger partial charge < -0.3 is 0 Å². The molecule has 1 aromatic rings. The first kappa shape index (κ1) is 12.7. The van der Waals surface area contributed by atoms with Gasteiger partial charge in [-0.1, -0.05) is 6.92 Å². The van der Waals surface area contributed by atoms with Crippen LogP contribution in [0.15, 0.2) is 0 Å². The van der Waals surface area contributed by atoms with E-state index in [1.807, 2.05) is 32.4 Å². The number of hydrogen-bond donors (Lipinski definition) is 1. The Balaban J connectivity index is 2.95. The smallest absolute Gasteiger partial charge is 0.123 e. The molecular weight excluding hydrogens is 200 g/mol. The third kappa shape index (κ3) is 2.42. The van der Waals surface area contributed by atoms with Crippen LogP contribution in [0.5, 0.6) is 0 Å². The molecule has 0 aliphatic rings. The van der Waals surface area contributed by atoms with E-state index in [-0.39, 0.29) is 0 Å². The number of rotatable bonds is 4. The number of likely N-dealkylation sites (N-methyl/N-ethyl adjacent to an activating group) is 1. The van der Waals surface area contributed by atoms with Gasteiger partial charge in [-0.3, -0.25) is 10.00 Å². The summed E-state index contributed by atoms with van der Waals surface area (Å²) < 4.78 is 1.91. The first-order valence-corrected chi connectivity index (χ1v) is 5.60. The molecule has 1 N–H and O–H groups in total. The monoisotopic (exact) mass is 220 g/mol. The topological polar surface area (TPSA) is 53.6 Å². The van der Waals surface area contributed by atoms with Gasteiger partial charge in [-0.25, -0.2) is 0 Å². The first-order valence-electron chi connectivity index (χ1n) is 5.60. The lowest BCUT2D eigenvalue weighted by molar-refractivity contribution is 0.373. The van der Waals surface area contributed by atoms with Crippen LogP contribution in [0.3, 0.4) is 0 Å². The van der Waals surface area contributed by atoms with Gasteiger partial charge in [0.1, 0.15) is 5.54 Å². The summed E-state index contributed by atoms with van der Waals surface area (Å²) in [5, 5.41) is 16.8. The Morgan fingerprint density at radius 3 is 2.44 bits per heavy atom. The predicted molar refractivity (Wildman–Crippen MR) is 64.1 cm³/mol. The molecule has 4 nitrogen and oxygen atoms in total. The quantitative estimate of drug-likeness (QED) is 0.840. The average Bonchev–Trinajstić information content (AvgIpc) is 2.47. The Kier molecular flexibility index (Phi) is 3.71. The Morgan fingerprint density at radius 1 is 1.44 bits per heavy atom. The van der Waals surface area contributed by atoms with Gasteiger partial charge in [-0.05, 0) is 39.8 Å². The maximum atomic E-state index is 9.19. The number of aryl methyl sites for hydroxylation is 1. The fraction of sp³-hybridized carbons (Fsp3) is 0.667. The number of aromatic nitrogens is 2. The molecule has 0 saturated heterocycles. The van der Waals surface area contributed by atoms with Crippen LogP contribution < -0.4 is 5.32 Å². The van der Waals surface area contributed by atoms with E-state index in [0.717, 1.165) is 17.9 Å². The van der Waals surface area contributed by atoms with Gasteiger partial charge in [0.15, 0.2) is 0 Å². The van der Waals surface area contributed by atoms with Crippen LogP contribution >= 0.6 is 0 Å². The number of nitriles is 1. The van der Waals surface area contributed by atoms with Gasteiger partial charge in [0, 0.05) is 5.69 Å². The second kappa shape index (κ2) is 4.67. The molecule has 0 aromatic carbocycles. The Hall–Kier alpha value is -1.34. The van der Waals surface area contributed by atoms with Crippen molar-refractivity contribution in [3.05, 3.63) is 17.0 Å². The third-order valence-corrected chi connectivity index (χ3v) is 3.02. The summed E-state index contributed by atoms with van der Waals surface area (Å²) in [7, 11) is 0. The summed E-state index contributed by atoms with van der Waals surface area (Å²) in [6.07, 6.45) is 0. The second-order valence-electron chi connectivity index (χ2n) is 4.43. The summed E-state index contributed by atoms with van der Waals surface area (Å²) in [6.45, 7) is 11.4. The molecule has 0 aliphatic carbocycles. The minimum absolute atomic E-state index is 0.551. The van der Waals surface area contributed by atoms with Crippen molar-refractivity contribution in [1.82, 2.24) is 15.1 Å². The van der Waals surface area contributed by atoms with Crippen LogP contribution in [-0.2, 0) is 6.54 Å². The maximum Gasteiger partial charge on any atom is 0.123 e. The Bertz CT molecular complexity index is 413. The number of nitrogens with zero attached hydrogens (tertiary/aromatic N) is 3. The van der Waals surface area contributed by atoms with Gasteiger partial charge in [0.2, 0.25) is 0 Å². The zero-order valence-corrected chi connectivity index (χ0v) is 10.8. The normalized spacial score (nSPS) is 14.5.